The number of carboxylic acid groups (broad SMARTS) is 2. The molecule has 4 aromatic rings. The van der Waals surface area contributed by atoms with Crippen LogP contribution >= 0.6 is 0 Å². The van der Waals surface area contributed by atoms with Crippen LogP contribution in [0.2, 0.25) is 0 Å². The zero-order chi connectivity index (χ0) is 30.4. The lowest BCUT2D eigenvalue weighted by molar-refractivity contribution is -0.140. The number of hydrogen-bond acceptors (Lipinski definition) is 9. The summed E-state index contributed by atoms with van der Waals surface area (Å²) in [6, 6.07) is 11.4. The van der Waals surface area contributed by atoms with E-state index in [1.54, 1.807) is 42.6 Å². The van der Waals surface area contributed by atoms with Crippen molar-refractivity contribution in [2.75, 3.05) is 30.0 Å². The number of methoxy groups -OCH3 is 1. The lowest BCUT2D eigenvalue weighted by Gasteiger charge is -2.24. The molecule has 2 aromatic heterocycles. The molecule has 218 valence electrons. The third kappa shape index (κ3) is 6.55. The molecule has 0 saturated carbocycles. The van der Waals surface area contributed by atoms with Crippen molar-refractivity contribution in [2.45, 2.75) is 25.3 Å². The van der Waals surface area contributed by atoms with Crippen molar-refractivity contribution >= 4 is 52.2 Å². The van der Waals surface area contributed by atoms with Gasteiger partial charge in [-0.05, 0) is 54.8 Å². The van der Waals surface area contributed by atoms with E-state index in [2.05, 4.69) is 20.3 Å². The Hall–Kier alpha value is -5.66. The summed E-state index contributed by atoms with van der Waals surface area (Å²) in [5.41, 5.74) is 13.9. The van der Waals surface area contributed by atoms with Gasteiger partial charge in [-0.15, -0.1) is 0 Å². The molecule has 0 unspecified atom stereocenters. The van der Waals surface area contributed by atoms with Gasteiger partial charge in [0.15, 0.2) is 0 Å². The average Bonchev–Trinajstić information content (AvgIpc) is 3.38. The van der Waals surface area contributed by atoms with E-state index in [1.807, 2.05) is 0 Å². The molecule has 4 rings (SSSR count). The van der Waals surface area contributed by atoms with E-state index in [0.717, 1.165) is 5.56 Å². The SMILES string of the molecule is COc1ccccc1C(=O)N(CCc1c[nH]c2nc(N)nc(N)c12)c1ccc(C(=O)N[C@@H](CCC(=O)O)C(=O)O)cc1. The molecule has 0 radical (unpaired) electrons. The van der Waals surface area contributed by atoms with Crippen molar-refractivity contribution in [3.8, 4) is 5.75 Å². The quantitative estimate of drug-likeness (QED) is 0.143. The fourth-order valence-electron chi connectivity index (χ4n) is 4.45. The molecular weight excluding hydrogens is 546 g/mol. The molecule has 1 atom stereocenters. The molecule has 0 aliphatic heterocycles. The van der Waals surface area contributed by atoms with Crippen molar-refractivity contribution in [3.05, 3.63) is 71.4 Å². The number of nitrogens with one attached hydrogen (secondary N) is 2. The number of aromatic amines is 1. The highest BCUT2D eigenvalue weighted by Crippen LogP contribution is 2.27. The van der Waals surface area contributed by atoms with Gasteiger partial charge < -0.3 is 41.6 Å². The molecule has 0 saturated heterocycles. The van der Waals surface area contributed by atoms with E-state index in [9.17, 15) is 24.3 Å². The number of H-pyrrole nitrogens is 1. The number of benzene rings is 2. The molecule has 2 aromatic carbocycles. The van der Waals surface area contributed by atoms with Gasteiger partial charge in [0.25, 0.3) is 11.8 Å². The maximum atomic E-state index is 13.8. The monoisotopic (exact) mass is 575 g/mol. The van der Waals surface area contributed by atoms with Crippen LogP contribution in [0, 0.1) is 0 Å². The third-order valence-electron chi connectivity index (χ3n) is 6.54. The number of ether oxygens (including phenoxy) is 1. The Morgan fingerprint density at radius 3 is 2.43 bits per heavy atom. The first kappa shape index (κ1) is 29.3. The normalized spacial score (nSPS) is 11.5. The van der Waals surface area contributed by atoms with Crippen LogP contribution in [0.4, 0.5) is 17.5 Å². The first-order chi connectivity index (χ1) is 20.1. The van der Waals surface area contributed by atoms with Gasteiger partial charge in [-0.2, -0.15) is 9.97 Å². The molecule has 2 heterocycles. The Balaban J connectivity index is 1.61. The summed E-state index contributed by atoms with van der Waals surface area (Å²) in [4.78, 5) is 61.6. The topological polar surface area (TPSA) is 227 Å². The second-order valence-electron chi connectivity index (χ2n) is 9.26. The minimum atomic E-state index is -1.38. The summed E-state index contributed by atoms with van der Waals surface area (Å²) in [5, 5.41) is 21.1. The Labute approximate surface area is 239 Å². The zero-order valence-electron chi connectivity index (χ0n) is 22.5. The van der Waals surface area contributed by atoms with Crippen LogP contribution in [0.5, 0.6) is 5.75 Å². The van der Waals surface area contributed by atoms with Gasteiger partial charge in [-0.3, -0.25) is 14.4 Å². The highest BCUT2D eigenvalue weighted by molar-refractivity contribution is 6.08. The van der Waals surface area contributed by atoms with E-state index >= 15 is 0 Å². The van der Waals surface area contributed by atoms with E-state index in [4.69, 9.17) is 21.3 Å². The zero-order valence-corrected chi connectivity index (χ0v) is 22.5. The van der Waals surface area contributed by atoms with Crippen LogP contribution in [0.15, 0.2) is 54.7 Å². The minimum absolute atomic E-state index is 0.0297. The standard InChI is InChI=1S/C28H29N7O7/c1-42-20-5-3-2-4-18(20)26(39)35(13-12-16-14-31-24-22(16)23(29)33-28(30)34-24)17-8-6-15(7-9-17)25(38)32-19(27(40)41)10-11-21(36)37/h2-9,14,19H,10-13H2,1H3,(H,32,38)(H,36,37)(H,40,41)(H5,29,30,31,33,34)/t19-/m0/s1. The number of nitrogen functional groups attached to an aromatic ring is 2. The maximum Gasteiger partial charge on any atom is 0.326 e. The van der Waals surface area contributed by atoms with Crippen molar-refractivity contribution in [3.63, 3.8) is 0 Å². The maximum absolute atomic E-state index is 13.8. The molecule has 8 N–H and O–H groups in total. The highest BCUT2D eigenvalue weighted by Gasteiger charge is 2.24. The number of aromatic nitrogens is 3. The number of nitrogens with two attached hydrogens (primary N) is 2. The number of anilines is 3. The number of aliphatic carboxylic acids is 2. The molecule has 0 aliphatic rings. The summed E-state index contributed by atoms with van der Waals surface area (Å²) < 4.78 is 5.39. The second-order valence-corrected chi connectivity index (χ2v) is 9.26. The van der Waals surface area contributed by atoms with Crippen LogP contribution < -0.4 is 26.4 Å². The Kier molecular flexibility index (Phi) is 8.85. The molecule has 14 heteroatoms. The van der Waals surface area contributed by atoms with E-state index < -0.39 is 30.3 Å². The first-order valence-electron chi connectivity index (χ1n) is 12.8. The number of hydrogen-bond donors (Lipinski definition) is 6. The number of nitrogens with zero attached hydrogens (tertiary/aromatic N) is 3. The summed E-state index contributed by atoms with van der Waals surface area (Å²) in [6.07, 6.45) is 1.38. The van der Waals surface area contributed by atoms with Crippen molar-refractivity contribution < 1.29 is 34.1 Å². The van der Waals surface area contributed by atoms with Crippen molar-refractivity contribution in [2.24, 2.45) is 0 Å². The van der Waals surface area contributed by atoms with Gasteiger partial charge >= 0.3 is 11.9 Å². The minimum Gasteiger partial charge on any atom is -0.496 e. The molecule has 2 amide bonds. The fourth-order valence-corrected chi connectivity index (χ4v) is 4.45. The van der Waals surface area contributed by atoms with E-state index in [1.165, 1.54) is 24.1 Å². The fraction of sp³-hybridized carbons (Fsp3) is 0.214. The predicted octanol–water partition coefficient (Wildman–Crippen LogP) is 2.07. The molecule has 0 aliphatic carbocycles. The molecule has 0 fully saturated rings. The third-order valence-corrected chi connectivity index (χ3v) is 6.54. The number of rotatable bonds is 12. The van der Waals surface area contributed by atoms with Gasteiger partial charge in [-0.1, -0.05) is 12.1 Å². The van der Waals surface area contributed by atoms with Crippen LogP contribution in [-0.4, -0.2) is 68.6 Å². The van der Waals surface area contributed by atoms with Gasteiger partial charge in [0.1, 0.15) is 23.3 Å². The van der Waals surface area contributed by atoms with Gasteiger partial charge in [0.2, 0.25) is 5.95 Å². The van der Waals surface area contributed by atoms with Crippen LogP contribution in [-0.2, 0) is 16.0 Å². The molecule has 42 heavy (non-hydrogen) atoms. The number of fused-ring (bicyclic) bond motifs is 1. The number of carboxylic acids is 2. The van der Waals surface area contributed by atoms with E-state index in [-0.39, 0.29) is 36.2 Å². The Morgan fingerprint density at radius 1 is 1.05 bits per heavy atom. The number of carbonyl (C=O) groups is 4. The second kappa shape index (κ2) is 12.7. The van der Waals surface area contributed by atoms with Gasteiger partial charge in [0.05, 0.1) is 18.1 Å². The molecular formula is C28H29N7O7. The number of para-hydroxylation sites is 1. The van der Waals surface area contributed by atoms with Crippen molar-refractivity contribution in [1.29, 1.82) is 0 Å². The average molecular weight is 576 g/mol. The number of amides is 2. The number of carbonyl (C=O) groups excluding carboxylic acids is 2. The first-order valence-corrected chi connectivity index (χ1v) is 12.8. The van der Waals surface area contributed by atoms with E-state index in [0.29, 0.717) is 34.5 Å². The Morgan fingerprint density at radius 2 is 1.76 bits per heavy atom. The summed E-state index contributed by atoms with van der Waals surface area (Å²) in [7, 11) is 1.46. The molecule has 0 bridgehead atoms. The van der Waals surface area contributed by atoms with Gasteiger partial charge in [-0.25, -0.2) is 4.79 Å². The Bertz CT molecular complexity index is 1640. The summed E-state index contributed by atoms with van der Waals surface area (Å²) in [5.74, 6) is -2.97. The van der Waals surface area contributed by atoms with Crippen LogP contribution in [0.1, 0.15) is 39.1 Å². The lowest BCUT2D eigenvalue weighted by Crippen LogP contribution is -2.41. The molecule has 0 spiro atoms. The molecule has 14 nitrogen and oxygen atoms in total. The van der Waals surface area contributed by atoms with Crippen LogP contribution in [0.25, 0.3) is 11.0 Å². The van der Waals surface area contributed by atoms with Crippen molar-refractivity contribution in [1.82, 2.24) is 20.3 Å². The largest absolute Gasteiger partial charge is 0.496 e. The van der Waals surface area contributed by atoms with Gasteiger partial charge in [0, 0.05) is 30.4 Å². The predicted molar refractivity (Wildman–Crippen MR) is 153 cm³/mol. The van der Waals surface area contributed by atoms with Crippen LogP contribution in [0.3, 0.4) is 0 Å². The summed E-state index contributed by atoms with van der Waals surface area (Å²) in [6.45, 7) is 0.190. The highest BCUT2D eigenvalue weighted by atomic mass is 16.5. The summed E-state index contributed by atoms with van der Waals surface area (Å²) >= 11 is 0. The smallest absolute Gasteiger partial charge is 0.326 e. The lowest BCUT2D eigenvalue weighted by atomic mass is 10.1.